The summed E-state index contributed by atoms with van der Waals surface area (Å²) in [4.78, 5) is 18.5. The monoisotopic (exact) mass is 493 g/mol. The van der Waals surface area contributed by atoms with Gasteiger partial charge in [0, 0.05) is 10.9 Å². The fourth-order valence-corrected chi connectivity index (χ4v) is 4.58. The van der Waals surface area contributed by atoms with Crippen LogP contribution < -0.4 is 4.74 Å². The van der Waals surface area contributed by atoms with Crippen molar-refractivity contribution in [1.82, 2.24) is 15.2 Å². The first-order chi connectivity index (χ1) is 18.1. The van der Waals surface area contributed by atoms with Crippen LogP contribution in [-0.2, 0) is 11.2 Å². The molecule has 0 saturated heterocycles. The van der Waals surface area contributed by atoms with E-state index >= 15 is 0 Å². The number of rotatable bonds is 6. The van der Waals surface area contributed by atoms with E-state index in [2.05, 4.69) is 10.2 Å². The molecule has 0 aliphatic heterocycles. The molecule has 3 heterocycles. The average Bonchev–Trinajstić information content (AvgIpc) is 3.70. The van der Waals surface area contributed by atoms with Crippen molar-refractivity contribution < 1.29 is 23.1 Å². The Bertz CT molecular complexity index is 1620. The Morgan fingerprint density at radius 1 is 1.03 bits per heavy atom. The highest BCUT2D eigenvalue weighted by Crippen LogP contribution is 2.38. The number of esters is 1. The molecule has 5 aromatic rings. The molecule has 1 unspecified atom stereocenters. The largest absolute Gasteiger partial charge is 0.497 e. The van der Waals surface area contributed by atoms with Gasteiger partial charge >= 0.3 is 5.97 Å². The number of fused-ring (bicyclic) bond motifs is 2. The molecule has 1 atom stereocenters. The topological polar surface area (TPSA) is 100 Å². The third kappa shape index (κ3) is 4.27. The molecule has 8 nitrogen and oxygen atoms in total. The van der Waals surface area contributed by atoms with Crippen molar-refractivity contribution in [2.75, 3.05) is 7.11 Å². The van der Waals surface area contributed by atoms with Crippen LogP contribution in [0, 0.1) is 0 Å². The van der Waals surface area contributed by atoms with Crippen molar-refractivity contribution in [2.24, 2.45) is 0 Å². The van der Waals surface area contributed by atoms with Crippen LogP contribution in [-0.4, -0.2) is 28.3 Å². The van der Waals surface area contributed by atoms with Gasteiger partial charge in [-0.15, -0.1) is 10.2 Å². The average molecular weight is 494 g/mol. The number of ether oxygens (including phenoxy) is 2. The number of carbonyl (C=O) groups excluding carboxylic acids is 1. The van der Waals surface area contributed by atoms with E-state index in [0.717, 1.165) is 51.2 Å². The quantitative estimate of drug-likeness (QED) is 0.254. The SMILES string of the molecule is COc1ccc(-c2nnc(C(C)OC(=O)c3c4c(nc5ccccc35)/C(=C\c3ccco3)CC4)o2)cc1. The van der Waals surface area contributed by atoms with Gasteiger partial charge in [-0.25, -0.2) is 9.78 Å². The van der Waals surface area contributed by atoms with E-state index < -0.39 is 12.1 Å². The lowest BCUT2D eigenvalue weighted by atomic mass is 10.0. The smallest absolute Gasteiger partial charge is 0.339 e. The molecule has 0 N–H and O–H groups in total. The van der Waals surface area contributed by atoms with Crippen LogP contribution in [0.3, 0.4) is 0 Å². The van der Waals surface area contributed by atoms with E-state index in [1.165, 1.54) is 0 Å². The third-order valence-corrected chi connectivity index (χ3v) is 6.41. The molecule has 0 bridgehead atoms. The van der Waals surface area contributed by atoms with Gasteiger partial charge in [-0.3, -0.25) is 0 Å². The normalized spacial score (nSPS) is 14.6. The predicted molar refractivity (Wildman–Crippen MR) is 137 cm³/mol. The van der Waals surface area contributed by atoms with Gasteiger partial charge in [0.15, 0.2) is 6.10 Å². The standard InChI is InChI=1S/C29H23N3O5/c1-17(27-31-32-28(37-27)18-9-12-20(34-2)13-10-18)36-29(33)25-22-7-3-4-8-24(22)30-26-19(11-14-23(25)26)16-21-6-5-15-35-21/h3-10,12-13,15-17H,11,14H2,1-2H3/b19-16-. The Morgan fingerprint density at radius 2 is 1.86 bits per heavy atom. The number of hydrogen-bond donors (Lipinski definition) is 0. The second-order valence-electron chi connectivity index (χ2n) is 8.74. The zero-order valence-electron chi connectivity index (χ0n) is 20.3. The molecule has 1 aliphatic rings. The predicted octanol–water partition coefficient (Wildman–Crippen LogP) is 6.29. The zero-order valence-corrected chi connectivity index (χ0v) is 20.3. The molecule has 0 fully saturated rings. The summed E-state index contributed by atoms with van der Waals surface area (Å²) in [6.45, 7) is 1.72. The first-order valence-corrected chi connectivity index (χ1v) is 12.0. The first-order valence-electron chi connectivity index (χ1n) is 12.0. The van der Waals surface area contributed by atoms with Crippen LogP contribution in [0.4, 0.5) is 0 Å². The second-order valence-corrected chi connectivity index (χ2v) is 8.74. The maximum Gasteiger partial charge on any atom is 0.339 e. The summed E-state index contributed by atoms with van der Waals surface area (Å²) in [5.74, 6) is 1.58. The van der Waals surface area contributed by atoms with E-state index in [9.17, 15) is 4.79 Å². The van der Waals surface area contributed by atoms with E-state index in [4.69, 9.17) is 23.3 Å². The number of furan rings is 1. The molecule has 0 radical (unpaired) electrons. The number of para-hydroxylation sites is 1. The first kappa shape index (κ1) is 22.7. The molecule has 8 heteroatoms. The summed E-state index contributed by atoms with van der Waals surface area (Å²) >= 11 is 0. The van der Waals surface area contributed by atoms with Crippen LogP contribution in [0.2, 0.25) is 0 Å². The van der Waals surface area contributed by atoms with Crippen molar-refractivity contribution in [3.63, 3.8) is 0 Å². The van der Waals surface area contributed by atoms with Gasteiger partial charge < -0.3 is 18.3 Å². The highest BCUT2D eigenvalue weighted by molar-refractivity contribution is 6.07. The van der Waals surface area contributed by atoms with Gasteiger partial charge in [0.1, 0.15) is 11.5 Å². The van der Waals surface area contributed by atoms with Crippen molar-refractivity contribution in [3.8, 4) is 17.2 Å². The Balaban J connectivity index is 1.31. The molecule has 184 valence electrons. The minimum absolute atomic E-state index is 0.215. The summed E-state index contributed by atoms with van der Waals surface area (Å²) in [7, 11) is 1.60. The highest BCUT2D eigenvalue weighted by Gasteiger charge is 2.29. The Kier molecular flexibility index (Phi) is 5.76. The molecule has 37 heavy (non-hydrogen) atoms. The van der Waals surface area contributed by atoms with E-state index in [1.54, 1.807) is 20.3 Å². The van der Waals surface area contributed by atoms with Crippen molar-refractivity contribution in [3.05, 3.63) is 95.4 Å². The number of benzene rings is 2. The number of carbonyl (C=O) groups is 1. The van der Waals surface area contributed by atoms with Crippen LogP contribution in [0.25, 0.3) is 34.0 Å². The van der Waals surface area contributed by atoms with Gasteiger partial charge in [-0.1, -0.05) is 18.2 Å². The maximum atomic E-state index is 13.6. The van der Waals surface area contributed by atoms with Crippen molar-refractivity contribution in [2.45, 2.75) is 25.9 Å². The summed E-state index contributed by atoms with van der Waals surface area (Å²) in [5.41, 5.74) is 4.69. The number of allylic oxidation sites excluding steroid dienone is 1. The Morgan fingerprint density at radius 3 is 2.65 bits per heavy atom. The van der Waals surface area contributed by atoms with Gasteiger partial charge in [-0.2, -0.15) is 0 Å². The van der Waals surface area contributed by atoms with Gasteiger partial charge in [0.2, 0.25) is 5.89 Å². The van der Waals surface area contributed by atoms with Crippen LogP contribution >= 0.6 is 0 Å². The van der Waals surface area contributed by atoms with Crippen molar-refractivity contribution in [1.29, 1.82) is 0 Å². The van der Waals surface area contributed by atoms with Crippen molar-refractivity contribution >= 4 is 28.5 Å². The number of methoxy groups -OCH3 is 1. The van der Waals surface area contributed by atoms with Gasteiger partial charge in [0.25, 0.3) is 5.89 Å². The minimum Gasteiger partial charge on any atom is -0.497 e. The second kappa shape index (κ2) is 9.39. The Hall–Kier alpha value is -4.72. The number of hydrogen-bond acceptors (Lipinski definition) is 8. The molecular weight excluding hydrogens is 470 g/mol. The van der Waals surface area contributed by atoms with Gasteiger partial charge in [-0.05, 0) is 79.4 Å². The molecule has 6 rings (SSSR count). The van der Waals surface area contributed by atoms with E-state index in [1.807, 2.05) is 66.7 Å². The summed E-state index contributed by atoms with van der Waals surface area (Å²) in [6.07, 6.45) is 4.31. The third-order valence-electron chi connectivity index (χ3n) is 6.41. The Labute approximate surface area is 212 Å². The molecule has 0 amide bonds. The fourth-order valence-electron chi connectivity index (χ4n) is 4.58. The van der Waals surface area contributed by atoms with Crippen LogP contribution in [0.1, 0.15) is 52.7 Å². The maximum absolute atomic E-state index is 13.6. The molecule has 1 aliphatic carbocycles. The number of aromatic nitrogens is 3. The van der Waals surface area contributed by atoms with Crippen LogP contribution in [0.15, 0.2) is 75.8 Å². The lowest BCUT2D eigenvalue weighted by Crippen LogP contribution is -2.13. The fraction of sp³-hybridized carbons (Fsp3) is 0.172. The number of nitrogens with zero attached hydrogens (tertiary/aromatic N) is 3. The lowest BCUT2D eigenvalue weighted by molar-refractivity contribution is 0.0281. The summed E-state index contributed by atoms with van der Waals surface area (Å²) in [6, 6.07) is 18.6. The van der Waals surface area contributed by atoms with E-state index in [-0.39, 0.29) is 5.89 Å². The van der Waals surface area contributed by atoms with Crippen LogP contribution in [0.5, 0.6) is 5.75 Å². The lowest BCUT2D eigenvalue weighted by Gasteiger charge is -2.14. The highest BCUT2D eigenvalue weighted by atomic mass is 16.6. The molecular formula is C29H23N3O5. The number of pyridine rings is 1. The molecule has 0 saturated carbocycles. The summed E-state index contributed by atoms with van der Waals surface area (Å²) < 4.78 is 22.4. The van der Waals surface area contributed by atoms with Gasteiger partial charge in [0.05, 0.1) is 30.1 Å². The summed E-state index contributed by atoms with van der Waals surface area (Å²) in [5, 5.41) is 8.99. The minimum atomic E-state index is -0.742. The molecule has 0 spiro atoms. The molecule has 3 aromatic heterocycles. The molecule has 2 aromatic carbocycles. The van der Waals surface area contributed by atoms with E-state index in [0.29, 0.717) is 17.9 Å². The zero-order chi connectivity index (χ0) is 25.4.